The first kappa shape index (κ1) is 9.73. The first-order valence-corrected chi connectivity index (χ1v) is 4.90. The van der Waals surface area contributed by atoms with Gasteiger partial charge in [0.2, 0.25) is 0 Å². The quantitative estimate of drug-likeness (QED) is 0.840. The fraction of sp³-hybridized carbons (Fsp3) is 0.333. The lowest BCUT2D eigenvalue weighted by atomic mass is 10.2. The number of aliphatic hydroxyl groups is 1. The van der Waals surface area contributed by atoms with Crippen LogP contribution >= 0.6 is 15.9 Å². The number of halogens is 2. The Bertz CT molecular complexity index is 368. The highest BCUT2D eigenvalue weighted by molar-refractivity contribution is 9.10. The maximum Gasteiger partial charge on any atom is 0.178 e. The van der Waals surface area contributed by atoms with E-state index in [9.17, 15) is 4.39 Å². The summed E-state index contributed by atoms with van der Waals surface area (Å²) in [6.07, 6.45) is 0. The number of aliphatic hydroxyl groups excluding tert-OH is 1. The molecule has 5 heteroatoms. The molecule has 0 radical (unpaired) electrons. The molecule has 1 aliphatic heterocycles. The van der Waals surface area contributed by atoms with Crippen molar-refractivity contribution in [3.05, 3.63) is 21.9 Å². The van der Waals surface area contributed by atoms with Crippen molar-refractivity contribution in [3.8, 4) is 11.5 Å². The second kappa shape index (κ2) is 3.74. The van der Waals surface area contributed by atoms with Crippen LogP contribution in [-0.2, 0) is 6.61 Å². The summed E-state index contributed by atoms with van der Waals surface area (Å²) in [4.78, 5) is 0. The molecule has 1 heterocycles. The van der Waals surface area contributed by atoms with E-state index in [4.69, 9.17) is 14.6 Å². The van der Waals surface area contributed by atoms with Crippen LogP contribution in [0.15, 0.2) is 10.5 Å². The van der Waals surface area contributed by atoms with E-state index in [0.717, 1.165) is 0 Å². The smallest absolute Gasteiger partial charge is 0.178 e. The van der Waals surface area contributed by atoms with Crippen molar-refractivity contribution in [1.29, 1.82) is 0 Å². The zero-order valence-corrected chi connectivity index (χ0v) is 8.80. The Morgan fingerprint density at radius 2 is 2.14 bits per heavy atom. The van der Waals surface area contributed by atoms with Gasteiger partial charge in [-0.25, -0.2) is 4.39 Å². The first-order valence-electron chi connectivity index (χ1n) is 4.11. The molecule has 0 saturated carbocycles. The van der Waals surface area contributed by atoms with Crippen molar-refractivity contribution in [2.24, 2.45) is 0 Å². The Morgan fingerprint density at radius 1 is 1.43 bits per heavy atom. The van der Waals surface area contributed by atoms with Gasteiger partial charge in [-0.3, -0.25) is 0 Å². The van der Waals surface area contributed by atoms with Crippen molar-refractivity contribution in [1.82, 2.24) is 0 Å². The third-order valence-corrected chi connectivity index (χ3v) is 2.67. The largest absolute Gasteiger partial charge is 0.486 e. The van der Waals surface area contributed by atoms with Gasteiger partial charge in [0.25, 0.3) is 0 Å². The van der Waals surface area contributed by atoms with Crippen LogP contribution in [0.2, 0.25) is 0 Å². The molecule has 2 rings (SSSR count). The fourth-order valence-corrected chi connectivity index (χ4v) is 1.85. The molecule has 0 spiro atoms. The van der Waals surface area contributed by atoms with Gasteiger partial charge in [0, 0.05) is 5.56 Å². The lowest BCUT2D eigenvalue weighted by Crippen LogP contribution is -2.16. The van der Waals surface area contributed by atoms with E-state index >= 15 is 0 Å². The highest BCUT2D eigenvalue weighted by Gasteiger charge is 2.21. The van der Waals surface area contributed by atoms with Crippen LogP contribution < -0.4 is 9.47 Å². The molecular weight excluding hydrogens is 255 g/mol. The second-order valence-electron chi connectivity index (χ2n) is 2.85. The molecule has 76 valence electrons. The van der Waals surface area contributed by atoms with Gasteiger partial charge in [0.05, 0.1) is 11.1 Å². The maximum absolute atomic E-state index is 13.4. The van der Waals surface area contributed by atoms with Crippen molar-refractivity contribution < 1.29 is 19.0 Å². The van der Waals surface area contributed by atoms with E-state index in [1.165, 1.54) is 6.07 Å². The number of ether oxygens (including phenoxy) is 2. The molecule has 0 saturated heterocycles. The molecule has 0 aliphatic carbocycles. The number of hydrogen-bond acceptors (Lipinski definition) is 3. The van der Waals surface area contributed by atoms with Crippen LogP contribution in [0.4, 0.5) is 4.39 Å². The van der Waals surface area contributed by atoms with Crippen LogP contribution in [0, 0.1) is 5.82 Å². The molecule has 0 atom stereocenters. The minimum atomic E-state index is -0.503. The monoisotopic (exact) mass is 262 g/mol. The third-order valence-electron chi connectivity index (χ3n) is 1.96. The average Bonchev–Trinajstić information content (AvgIpc) is 2.23. The van der Waals surface area contributed by atoms with E-state index in [-0.39, 0.29) is 16.6 Å². The number of fused-ring (bicyclic) bond motifs is 1. The highest BCUT2D eigenvalue weighted by Crippen LogP contribution is 2.40. The van der Waals surface area contributed by atoms with Gasteiger partial charge in [-0.2, -0.15) is 0 Å². The van der Waals surface area contributed by atoms with Crippen LogP contribution in [0.3, 0.4) is 0 Å². The van der Waals surface area contributed by atoms with Gasteiger partial charge in [0.1, 0.15) is 19.0 Å². The molecule has 1 aromatic carbocycles. The number of hydrogen-bond donors (Lipinski definition) is 1. The van der Waals surface area contributed by atoms with Crippen LogP contribution in [0.5, 0.6) is 11.5 Å². The van der Waals surface area contributed by atoms with Gasteiger partial charge < -0.3 is 14.6 Å². The van der Waals surface area contributed by atoms with Crippen LogP contribution in [0.25, 0.3) is 0 Å². The SMILES string of the molecule is OCc1cc2c(c(Br)c1F)OCCO2. The molecule has 1 N–H and O–H groups in total. The first-order chi connectivity index (χ1) is 6.74. The molecule has 1 aliphatic rings. The number of rotatable bonds is 1. The minimum Gasteiger partial charge on any atom is -0.486 e. The van der Waals surface area contributed by atoms with Crippen molar-refractivity contribution in [3.63, 3.8) is 0 Å². The molecule has 14 heavy (non-hydrogen) atoms. The Balaban J connectivity index is 2.57. The second-order valence-corrected chi connectivity index (χ2v) is 3.64. The summed E-state index contributed by atoms with van der Waals surface area (Å²) in [5.74, 6) is 0.330. The standard InChI is InChI=1S/C9H8BrFO3/c10-7-8(11)5(4-12)3-6-9(7)14-2-1-13-6/h3,12H,1-2,4H2. The van der Waals surface area contributed by atoms with Gasteiger partial charge in [-0.15, -0.1) is 0 Å². The van der Waals surface area contributed by atoms with Crippen molar-refractivity contribution in [2.75, 3.05) is 13.2 Å². The maximum atomic E-state index is 13.4. The lowest BCUT2D eigenvalue weighted by Gasteiger charge is -2.20. The summed E-state index contributed by atoms with van der Waals surface area (Å²) in [5.41, 5.74) is 0.195. The molecule has 3 nitrogen and oxygen atoms in total. The molecular formula is C9H8BrFO3. The summed E-state index contributed by atoms with van der Waals surface area (Å²) in [5, 5.41) is 8.89. The summed E-state index contributed by atoms with van der Waals surface area (Å²) in [7, 11) is 0. The van der Waals surface area contributed by atoms with E-state index in [0.29, 0.717) is 24.7 Å². The summed E-state index contributed by atoms with van der Waals surface area (Å²) < 4.78 is 24.2. The van der Waals surface area contributed by atoms with Crippen molar-refractivity contribution in [2.45, 2.75) is 6.61 Å². The van der Waals surface area contributed by atoms with Gasteiger partial charge in [-0.1, -0.05) is 0 Å². The molecule has 1 aromatic rings. The summed E-state index contributed by atoms with van der Waals surface area (Å²) in [6.45, 7) is 0.487. The van der Waals surface area contributed by atoms with E-state index in [2.05, 4.69) is 15.9 Å². The van der Waals surface area contributed by atoms with Gasteiger partial charge in [0.15, 0.2) is 11.5 Å². The molecule has 0 unspecified atom stereocenters. The van der Waals surface area contributed by atoms with Crippen LogP contribution in [0.1, 0.15) is 5.56 Å². The lowest BCUT2D eigenvalue weighted by molar-refractivity contribution is 0.168. The zero-order chi connectivity index (χ0) is 10.1. The highest BCUT2D eigenvalue weighted by atomic mass is 79.9. The minimum absolute atomic E-state index is 0.195. The third kappa shape index (κ3) is 1.46. The molecule has 0 bridgehead atoms. The van der Waals surface area contributed by atoms with Gasteiger partial charge in [-0.05, 0) is 22.0 Å². The molecule has 0 fully saturated rings. The predicted molar refractivity (Wildman–Crippen MR) is 51.0 cm³/mol. The predicted octanol–water partition coefficient (Wildman–Crippen LogP) is 1.85. The fourth-order valence-electron chi connectivity index (χ4n) is 1.29. The average molecular weight is 263 g/mol. The zero-order valence-electron chi connectivity index (χ0n) is 7.22. The van der Waals surface area contributed by atoms with Crippen molar-refractivity contribution >= 4 is 15.9 Å². The molecule has 0 amide bonds. The Hall–Kier alpha value is -0.810. The van der Waals surface area contributed by atoms with E-state index < -0.39 is 5.82 Å². The Morgan fingerprint density at radius 3 is 2.86 bits per heavy atom. The summed E-state index contributed by atoms with van der Waals surface area (Å²) >= 11 is 3.07. The Labute approximate surface area is 88.6 Å². The molecule has 0 aromatic heterocycles. The topological polar surface area (TPSA) is 38.7 Å². The normalized spacial score (nSPS) is 14.2. The van der Waals surface area contributed by atoms with Crippen LogP contribution in [-0.4, -0.2) is 18.3 Å². The van der Waals surface area contributed by atoms with E-state index in [1.807, 2.05) is 0 Å². The summed E-state index contributed by atoms with van der Waals surface area (Å²) in [6, 6.07) is 1.45. The van der Waals surface area contributed by atoms with Gasteiger partial charge >= 0.3 is 0 Å². The Kier molecular flexibility index (Phi) is 2.60. The van der Waals surface area contributed by atoms with E-state index in [1.54, 1.807) is 0 Å². The number of benzene rings is 1.